The minimum Gasteiger partial charge on any atom is -0.309 e. The van der Waals surface area contributed by atoms with Crippen molar-refractivity contribution in [1.82, 2.24) is 5.32 Å². The molecule has 11 heavy (non-hydrogen) atoms. The van der Waals surface area contributed by atoms with E-state index in [0.717, 1.165) is 0 Å². The molecule has 3 heteroatoms. The van der Waals surface area contributed by atoms with Crippen LogP contribution in [0.15, 0.2) is 0 Å². The van der Waals surface area contributed by atoms with Crippen LogP contribution in [-0.2, 0) is 9.59 Å². The van der Waals surface area contributed by atoms with Crippen LogP contribution >= 0.6 is 0 Å². The van der Waals surface area contributed by atoms with Crippen LogP contribution in [0.5, 0.6) is 0 Å². The van der Waals surface area contributed by atoms with Gasteiger partial charge in [0.1, 0.15) is 11.6 Å². The first kappa shape index (κ1) is 10.3. The molecule has 0 radical (unpaired) electrons. The third kappa shape index (κ3) is 5.73. The van der Waals surface area contributed by atoms with Gasteiger partial charge in [0.05, 0.1) is 6.54 Å². The molecular weight excluding hydrogens is 142 g/mol. The molecule has 0 rings (SSSR count). The molecule has 0 saturated heterocycles. The summed E-state index contributed by atoms with van der Waals surface area (Å²) in [6, 6.07) is 0. The largest absolute Gasteiger partial charge is 0.309 e. The number of nitrogens with one attached hydrogen (secondary N) is 1. The van der Waals surface area contributed by atoms with E-state index < -0.39 is 0 Å². The molecular formula is C8H15NO2. The van der Waals surface area contributed by atoms with Gasteiger partial charge >= 0.3 is 0 Å². The lowest BCUT2D eigenvalue weighted by atomic mass is 10.1. The highest BCUT2D eigenvalue weighted by molar-refractivity contribution is 5.79. The molecule has 0 saturated carbocycles. The van der Waals surface area contributed by atoms with E-state index in [4.69, 9.17) is 0 Å². The molecule has 0 unspecified atom stereocenters. The first-order valence-corrected chi connectivity index (χ1v) is 3.74. The molecule has 0 bridgehead atoms. The van der Waals surface area contributed by atoms with E-state index >= 15 is 0 Å². The lowest BCUT2D eigenvalue weighted by Gasteiger charge is -2.06. The van der Waals surface area contributed by atoms with Crippen LogP contribution in [-0.4, -0.2) is 24.7 Å². The zero-order valence-electron chi connectivity index (χ0n) is 7.31. The van der Waals surface area contributed by atoms with Gasteiger partial charge in [-0.25, -0.2) is 0 Å². The Morgan fingerprint density at radius 2 is 1.91 bits per heavy atom. The zero-order chi connectivity index (χ0) is 8.85. The highest BCUT2D eigenvalue weighted by Crippen LogP contribution is 1.92. The molecule has 3 nitrogen and oxygen atoms in total. The average Bonchev–Trinajstić information content (AvgIpc) is 1.86. The molecule has 0 aliphatic carbocycles. The monoisotopic (exact) mass is 157 g/mol. The number of hydrogen-bond acceptors (Lipinski definition) is 3. The van der Waals surface area contributed by atoms with Crippen LogP contribution in [0.25, 0.3) is 0 Å². The Labute approximate surface area is 67.2 Å². The molecule has 0 amide bonds. The standard InChI is InChI=1S/C8H15NO2/c1-6(8(3)11)4-9-5-7(2)10/h6,9H,4-5H2,1-3H3/t6-/m0/s1. The Balaban J connectivity index is 3.39. The SMILES string of the molecule is CC(=O)CNC[C@H](C)C(C)=O. The van der Waals surface area contributed by atoms with E-state index in [-0.39, 0.29) is 17.5 Å². The van der Waals surface area contributed by atoms with Crippen LogP contribution in [0.1, 0.15) is 20.8 Å². The Bertz CT molecular complexity index is 154. The molecule has 0 heterocycles. The smallest absolute Gasteiger partial charge is 0.143 e. The summed E-state index contributed by atoms with van der Waals surface area (Å²) in [6.45, 7) is 5.87. The van der Waals surface area contributed by atoms with E-state index in [1.54, 1.807) is 6.92 Å². The number of ketones is 2. The molecule has 0 aliphatic heterocycles. The predicted molar refractivity (Wildman–Crippen MR) is 43.4 cm³/mol. The fourth-order valence-corrected chi connectivity index (χ4v) is 0.608. The minimum absolute atomic E-state index is 0.00866. The number of hydrogen-bond donors (Lipinski definition) is 1. The summed E-state index contributed by atoms with van der Waals surface area (Å²) in [5, 5.41) is 2.90. The highest BCUT2D eigenvalue weighted by atomic mass is 16.1. The molecule has 0 aliphatic rings. The van der Waals surface area contributed by atoms with E-state index in [9.17, 15) is 9.59 Å². The number of carbonyl (C=O) groups is 2. The molecule has 0 aromatic carbocycles. The number of carbonyl (C=O) groups excluding carboxylic acids is 2. The van der Waals surface area contributed by atoms with Crippen molar-refractivity contribution >= 4 is 11.6 Å². The lowest BCUT2D eigenvalue weighted by molar-refractivity contribution is -0.120. The van der Waals surface area contributed by atoms with Crippen molar-refractivity contribution in [3.63, 3.8) is 0 Å². The second-order valence-corrected chi connectivity index (χ2v) is 2.84. The summed E-state index contributed by atoms with van der Waals surface area (Å²) in [7, 11) is 0. The van der Waals surface area contributed by atoms with Gasteiger partial charge < -0.3 is 5.32 Å². The third-order valence-corrected chi connectivity index (χ3v) is 1.52. The van der Waals surface area contributed by atoms with E-state index in [2.05, 4.69) is 5.32 Å². The average molecular weight is 157 g/mol. The van der Waals surface area contributed by atoms with Gasteiger partial charge in [-0.05, 0) is 13.8 Å². The summed E-state index contributed by atoms with van der Waals surface area (Å²) in [5.41, 5.74) is 0. The van der Waals surface area contributed by atoms with E-state index in [1.807, 2.05) is 6.92 Å². The maximum absolute atomic E-state index is 10.7. The summed E-state index contributed by atoms with van der Waals surface area (Å²) >= 11 is 0. The van der Waals surface area contributed by atoms with Crippen molar-refractivity contribution < 1.29 is 9.59 Å². The zero-order valence-corrected chi connectivity index (χ0v) is 7.31. The van der Waals surface area contributed by atoms with Gasteiger partial charge in [-0.1, -0.05) is 6.92 Å². The molecule has 1 atom stereocenters. The van der Waals surface area contributed by atoms with Crippen LogP contribution in [0.3, 0.4) is 0 Å². The van der Waals surface area contributed by atoms with Gasteiger partial charge in [0.15, 0.2) is 0 Å². The first-order chi connectivity index (χ1) is 5.04. The third-order valence-electron chi connectivity index (χ3n) is 1.52. The van der Waals surface area contributed by atoms with Gasteiger partial charge in [0.2, 0.25) is 0 Å². The number of rotatable bonds is 5. The Hall–Kier alpha value is -0.700. The maximum atomic E-state index is 10.7. The van der Waals surface area contributed by atoms with Crippen LogP contribution in [0.2, 0.25) is 0 Å². The van der Waals surface area contributed by atoms with Crippen molar-refractivity contribution in [2.75, 3.05) is 13.1 Å². The van der Waals surface area contributed by atoms with Crippen LogP contribution < -0.4 is 5.32 Å². The van der Waals surface area contributed by atoms with Gasteiger partial charge in [0.25, 0.3) is 0 Å². The molecule has 0 spiro atoms. The first-order valence-electron chi connectivity index (χ1n) is 3.74. The van der Waals surface area contributed by atoms with Gasteiger partial charge in [-0.15, -0.1) is 0 Å². The second-order valence-electron chi connectivity index (χ2n) is 2.84. The normalized spacial score (nSPS) is 12.6. The minimum atomic E-state index is 0.00866. The van der Waals surface area contributed by atoms with Crippen LogP contribution in [0, 0.1) is 5.92 Å². The summed E-state index contributed by atoms with van der Waals surface area (Å²) < 4.78 is 0. The van der Waals surface area contributed by atoms with Gasteiger partial charge in [-0.2, -0.15) is 0 Å². The quantitative estimate of drug-likeness (QED) is 0.628. The van der Waals surface area contributed by atoms with Crippen molar-refractivity contribution in [1.29, 1.82) is 0 Å². The van der Waals surface area contributed by atoms with Gasteiger partial charge in [-0.3, -0.25) is 9.59 Å². The maximum Gasteiger partial charge on any atom is 0.143 e. The second kappa shape index (κ2) is 5.02. The Kier molecular flexibility index (Phi) is 4.70. The molecule has 0 aromatic heterocycles. The van der Waals surface area contributed by atoms with E-state index in [0.29, 0.717) is 13.1 Å². The summed E-state index contributed by atoms with van der Waals surface area (Å²) in [4.78, 5) is 21.1. The highest BCUT2D eigenvalue weighted by Gasteiger charge is 2.05. The van der Waals surface area contributed by atoms with Gasteiger partial charge in [0, 0.05) is 12.5 Å². The fraction of sp³-hybridized carbons (Fsp3) is 0.750. The topological polar surface area (TPSA) is 46.2 Å². The Morgan fingerprint density at radius 3 is 2.27 bits per heavy atom. The molecule has 0 fully saturated rings. The predicted octanol–water partition coefficient (Wildman–Crippen LogP) is 0.390. The molecule has 0 aromatic rings. The summed E-state index contributed by atoms with van der Waals surface area (Å²) in [5.74, 6) is 0.260. The number of Topliss-reactive ketones (excluding diaryl/α,β-unsaturated/α-hetero) is 2. The van der Waals surface area contributed by atoms with Crippen molar-refractivity contribution in [2.24, 2.45) is 5.92 Å². The lowest BCUT2D eigenvalue weighted by Crippen LogP contribution is -2.28. The molecule has 1 N–H and O–H groups in total. The molecule has 64 valence electrons. The van der Waals surface area contributed by atoms with Crippen molar-refractivity contribution in [2.45, 2.75) is 20.8 Å². The van der Waals surface area contributed by atoms with Crippen molar-refractivity contribution in [3.8, 4) is 0 Å². The van der Waals surface area contributed by atoms with E-state index in [1.165, 1.54) is 6.92 Å². The summed E-state index contributed by atoms with van der Waals surface area (Å²) in [6.07, 6.45) is 0. The van der Waals surface area contributed by atoms with Crippen LogP contribution in [0.4, 0.5) is 0 Å². The Morgan fingerprint density at radius 1 is 1.36 bits per heavy atom. The van der Waals surface area contributed by atoms with Crippen molar-refractivity contribution in [3.05, 3.63) is 0 Å². The fourth-order valence-electron chi connectivity index (χ4n) is 0.608.